The van der Waals surface area contributed by atoms with E-state index < -0.39 is 0 Å². The number of nitrogens with zero attached hydrogens (tertiary/aromatic N) is 2. The van der Waals surface area contributed by atoms with Crippen LogP contribution in [0, 0.1) is 5.92 Å². The lowest BCUT2D eigenvalue weighted by Gasteiger charge is -2.32. The number of aromatic nitrogens is 1. The van der Waals surface area contributed by atoms with Gasteiger partial charge in [0.25, 0.3) is 0 Å². The van der Waals surface area contributed by atoms with Gasteiger partial charge in [-0.05, 0) is 92.9 Å². The van der Waals surface area contributed by atoms with Gasteiger partial charge in [-0.25, -0.2) is 0 Å². The molecule has 0 bridgehead atoms. The van der Waals surface area contributed by atoms with Crippen LogP contribution in [0.2, 0.25) is 10.0 Å². The second-order valence-electron chi connectivity index (χ2n) is 10.2. The fourth-order valence-electron chi connectivity index (χ4n) is 5.69. The molecular formula is C29H35Cl4N3O2. The second kappa shape index (κ2) is 13.5. The van der Waals surface area contributed by atoms with Crippen molar-refractivity contribution in [3.63, 3.8) is 0 Å². The van der Waals surface area contributed by atoms with Crippen LogP contribution in [0.4, 0.5) is 5.69 Å². The summed E-state index contributed by atoms with van der Waals surface area (Å²) in [7, 11) is 0. The SMILES string of the molecule is CCC(=O)c1cnc2ccc(-c3cc(Cl)c(O)c(Cl)c3)cc2c1N[C@H]1CC[C@H](CN2CCCC2)CC1.Cl.Cl. The van der Waals surface area contributed by atoms with Gasteiger partial charge in [-0.15, -0.1) is 24.8 Å². The van der Waals surface area contributed by atoms with Gasteiger partial charge in [0.15, 0.2) is 11.5 Å². The minimum Gasteiger partial charge on any atom is -0.505 e. The number of carbonyl (C=O) groups excluding carboxylic acids is 1. The smallest absolute Gasteiger partial charge is 0.166 e. The van der Waals surface area contributed by atoms with E-state index in [1.165, 1.54) is 45.3 Å². The van der Waals surface area contributed by atoms with E-state index in [2.05, 4.69) is 15.2 Å². The highest BCUT2D eigenvalue weighted by molar-refractivity contribution is 6.37. The molecule has 2 aliphatic rings. The molecule has 2 N–H and O–H groups in total. The van der Waals surface area contributed by atoms with Crippen LogP contribution in [-0.2, 0) is 0 Å². The van der Waals surface area contributed by atoms with Crippen LogP contribution < -0.4 is 5.32 Å². The minimum atomic E-state index is -0.122. The van der Waals surface area contributed by atoms with E-state index in [1.807, 2.05) is 25.1 Å². The molecule has 206 valence electrons. The van der Waals surface area contributed by atoms with Crippen LogP contribution in [0.5, 0.6) is 5.75 Å². The lowest BCUT2D eigenvalue weighted by Crippen LogP contribution is -2.33. The van der Waals surface area contributed by atoms with Crippen molar-refractivity contribution in [3.8, 4) is 16.9 Å². The second-order valence-corrected chi connectivity index (χ2v) is 11.0. The molecule has 1 saturated heterocycles. The van der Waals surface area contributed by atoms with E-state index in [4.69, 9.17) is 23.2 Å². The Balaban J connectivity index is 0.00000200. The number of nitrogens with one attached hydrogen (secondary N) is 1. The Kier molecular flexibility index (Phi) is 11.0. The van der Waals surface area contributed by atoms with Crippen molar-refractivity contribution in [1.82, 2.24) is 9.88 Å². The number of carbonyl (C=O) groups is 1. The molecule has 0 atom stereocenters. The van der Waals surface area contributed by atoms with Gasteiger partial charge in [-0.3, -0.25) is 9.78 Å². The van der Waals surface area contributed by atoms with Gasteiger partial charge in [-0.2, -0.15) is 0 Å². The van der Waals surface area contributed by atoms with Gasteiger partial charge in [0.1, 0.15) is 0 Å². The first-order valence-electron chi connectivity index (χ1n) is 13.1. The van der Waals surface area contributed by atoms with Crippen LogP contribution in [0.3, 0.4) is 0 Å². The summed E-state index contributed by atoms with van der Waals surface area (Å²) in [5, 5.41) is 15.1. The zero-order valence-electron chi connectivity index (χ0n) is 21.5. The fourth-order valence-corrected chi connectivity index (χ4v) is 6.17. The number of hydrogen-bond acceptors (Lipinski definition) is 5. The van der Waals surface area contributed by atoms with E-state index in [-0.39, 0.29) is 46.4 Å². The number of aromatic hydroxyl groups is 1. The number of benzene rings is 2. The number of ketones is 1. The normalized spacial score (nSPS) is 19.6. The number of halogens is 4. The van der Waals surface area contributed by atoms with Crippen molar-refractivity contribution < 1.29 is 9.90 Å². The summed E-state index contributed by atoms with van der Waals surface area (Å²) in [6.07, 6.45) is 9.44. The molecule has 1 aromatic heterocycles. The van der Waals surface area contributed by atoms with E-state index in [0.717, 1.165) is 46.5 Å². The third-order valence-electron chi connectivity index (χ3n) is 7.75. The van der Waals surface area contributed by atoms with Gasteiger partial charge in [0.05, 0.1) is 26.8 Å². The quantitative estimate of drug-likeness (QED) is 0.267. The predicted octanol–water partition coefficient (Wildman–Crippen LogP) is 8.42. The molecule has 0 amide bonds. The van der Waals surface area contributed by atoms with E-state index in [9.17, 15) is 9.90 Å². The lowest BCUT2D eigenvalue weighted by molar-refractivity contribution is 0.0988. The molecule has 0 spiro atoms. The summed E-state index contributed by atoms with van der Waals surface area (Å²) in [5.41, 5.74) is 4.03. The Labute approximate surface area is 247 Å². The number of fused-ring (bicyclic) bond motifs is 1. The molecule has 38 heavy (non-hydrogen) atoms. The summed E-state index contributed by atoms with van der Waals surface area (Å²) in [5.74, 6) is 0.724. The molecule has 9 heteroatoms. The van der Waals surface area contributed by atoms with E-state index >= 15 is 0 Å². The number of pyridine rings is 1. The van der Waals surface area contributed by atoms with Crippen LogP contribution in [0.15, 0.2) is 36.5 Å². The first-order chi connectivity index (χ1) is 17.4. The van der Waals surface area contributed by atoms with Crippen molar-refractivity contribution in [3.05, 3.63) is 52.1 Å². The number of phenolic OH excluding ortho intramolecular Hbond substituents is 1. The summed E-state index contributed by atoms with van der Waals surface area (Å²) >= 11 is 12.4. The average molecular weight is 599 g/mol. The fraction of sp³-hybridized carbons (Fsp3) is 0.448. The molecule has 0 radical (unpaired) electrons. The molecule has 2 fully saturated rings. The third kappa shape index (κ3) is 6.68. The standard InChI is InChI=1S/C29H33Cl2N3O2.2ClH/c1-2-27(35)23-16-32-26-10-7-19(20-14-24(30)29(36)25(31)15-20)13-22(26)28(23)33-21-8-5-18(6-9-21)17-34-11-3-4-12-34;;/h7,10,13-16,18,21,36H,2-6,8-9,11-12,17H2,1H3,(H,32,33);2*1H/t18-,21-;;. The van der Waals surface area contributed by atoms with Gasteiger partial charge in [0, 0.05) is 30.6 Å². The Morgan fingerprint density at radius 2 is 1.68 bits per heavy atom. The van der Waals surface area contributed by atoms with Crippen molar-refractivity contribution in [2.75, 3.05) is 25.0 Å². The number of Topliss-reactive ketones (excluding diaryl/α,β-unsaturated/α-hetero) is 1. The molecule has 1 saturated carbocycles. The van der Waals surface area contributed by atoms with E-state index in [1.54, 1.807) is 18.3 Å². The Bertz CT molecular complexity index is 1250. The highest BCUT2D eigenvalue weighted by atomic mass is 35.5. The monoisotopic (exact) mass is 597 g/mol. The van der Waals surface area contributed by atoms with Gasteiger partial charge >= 0.3 is 0 Å². The topological polar surface area (TPSA) is 65.5 Å². The first-order valence-corrected chi connectivity index (χ1v) is 13.8. The molecule has 1 aliphatic carbocycles. The maximum atomic E-state index is 12.9. The number of hydrogen-bond donors (Lipinski definition) is 2. The zero-order valence-corrected chi connectivity index (χ0v) is 24.7. The predicted molar refractivity (Wildman–Crippen MR) is 163 cm³/mol. The Hall–Kier alpha value is -1.76. The summed E-state index contributed by atoms with van der Waals surface area (Å²) in [4.78, 5) is 20.1. The van der Waals surface area contributed by atoms with Gasteiger partial charge in [-0.1, -0.05) is 36.2 Å². The van der Waals surface area contributed by atoms with Crippen LogP contribution in [-0.4, -0.2) is 46.4 Å². The maximum Gasteiger partial charge on any atom is 0.166 e. The molecule has 2 aromatic carbocycles. The zero-order chi connectivity index (χ0) is 25.2. The summed E-state index contributed by atoms with van der Waals surface area (Å²) in [6, 6.07) is 9.69. The van der Waals surface area contributed by atoms with Crippen molar-refractivity contribution in [2.45, 2.75) is 57.9 Å². The molecule has 1 aliphatic heterocycles. The number of anilines is 1. The van der Waals surface area contributed by atoms with Crippen LogP contribution >= 0.6 is 48.0 Å². The highest BCUT2D eigenvalue weighted by Crippen LogP contribution is 2.39. The van der Waals surface area contributed by atoms with Crippen LogP contribution in [0.25, 0.3) is 22.0 Å². The van der Waals surface area contributed by atoms with Gasteiger partial charge < -0.3 is 15.3 Å². The largest absolute Gasteiger partial charge is 0.505 e. The number of phenols is 1. The molecule has 5 nitrogen and oxygen atoms in total. The molecule has 5 rings (SSSR count). The molecule has 3 aromatic rings. The lowest BCUT2D eigenvalue weighted by atomic mass is 9.85. The Morgan fingerprint density at radius 3 is 2.32 bits per heavy atom. The third-order valence-corrected chi connectivity index (χ3v) is 8.33. The Morgan fingerprint density at radius 1 is 1.03 bits per heavy atom. The van der Waals surface area contributed by atoms with E-state index in [0.29, 0.717) is 18.0 Å². The van der Waals surface area contributed by atoms with Gasteiger partial charge in [0.2, 0.25) is 0 Å². The summed E-state index contributed by atoms with van der Waals surface area (Å²) < 4.78 is 0. The van der Waals surface area contributed by atoms with Crippen molar-refractivity contribution in [2.24, 2.45) is 5.92 Å². The number of likely N-dealkylation sites (tertiary alicyclic amines) is 1. The van der Waals surface area contributed by atoms with Crippen LogP contribution in [0.1, 0.15) is 62.2 Å². The minimum absolute atomic E-state index is 0. The number of rotatable bonds is 7. The maximum absolute atomic E-state index is 12.9. The molecular weight excluding hydrogens is 564 g/mol. The van der Waals surface area contributed by atoms with Crippen molar-refractivity contribution in [1.29, 1.82) is 0 Å². The molecule has 2 heterocycles. The highest BCUT2D eigenvalue weighted by Gasteiger charge is 2.26. The summed E-state index contributed by atoms with van der Waals surface area (Å²) in [6.45, 7) is 5.62. The average Bonchev–Trinajstić information content (AvgIpc) is 3.40. The van der Waals surface area contributed by atoms with Crippen molar-refractivity contribution >= 4 is 70.4 Å². The first kappa shape index (κ1) is 30.8. The molecule has 0 unspecified atom stereocenters.